The lowest BCUT2D eigenvalue weighted by Crippen LogP contribution is -2.45. The van der Waals surface area contributed by atoms with Gasteiger partial charge in [0.15, 0.2) is 0 Å². The molecule has 0 fully saturated rings. The van der Waals surface area contributed by atoms with Crippen LogP contribution in [0.3, 0.4) is 0 Å². The first kappa shape index (κ1) is 21.2. The molecule has 6 heteroatoms. The Hall–Kier alpha value is -2.53. The predicted octanol–water partition coefficient (Wildman–Crippen LogP) is 4.82. The summed E-state index contributed by atoms with van der Waals surface area (Å²) in [5.74, 6) is -0.0856. The molecule has 0 heterocycles. The van der Waals surface area contributed by atoms with Gasteiger partial charge in [0.05, 0.1) is 6.61 Å². The molecule has 0 radical (unpaired) electrons. The topological polar surface area (TPSA) is 55.8 Å². The van der Waals surface area contributed by atoms with E-state index in [0.717, 1.165) is 11.1 Å². The van der Waals surface area contributed by atoms with Crippen LogP contribution in [0, 0.1) is 0 Å². The van der Waals surface area contributed by atoms with Crippen molar-refractivity contribution in [3.63, 3.8) is 0 Å². The van der Waals surface area contributed by atoms with Gasteiger partial charge in [0, 0.05) is 18.3 Å². The Bertz CT molecular complexity index is 824. The van der Waals surface area contributed by atoms with Crippen LogP contribution in [-0.4, -0.2) is 48.6 Å². The van der Waals surface area contributed by atoms with Crippen LogP contribution < -0.4 is 0 Å². The van der Waals surface area contributed by atoms with E-state index in [-0.39, 0.29) is 19.1 Å². The minimum absolute atomic E-state index is 0.0286. The minimum atomic E-state index is -0.728. The van der Waals surface area contributed by atoms with Crippen molar-refractivity contribution < 1.29 is 19.1 Å². The highest BCUT2D eigenvalue weighted by Gasteiger charge is 2.32. The summed E-state index contributed by atoms with van der Waals surface area (Å²) < 4.78 is 10.7. The second kappa shape index (κ2) is 9.79. The van der Waals surface area contributed by atoms with E-state index < -0.39 is 18.1 Å². The third kappa shape index (κ3) is 4.56. The SMILES string of the molecule is CCOC(=O)C(C)N(CCCCl)C(=O)OCC1c2ccccc2-c2ccccc21. The standard InChI is InChI=1S/C23H26ClNO4/c1-3-28-22(26)16(2)25(14-8-13-24)23(27)29-15-21-19-11-6-4-9-17(19)18-10-5-7-12-20(18)21/h4-7,9-12,16,21H,3,8,13-15H2,1-2H3. The Balaban J connectivity index is 1.75. The minimum Gasteiger partial charge on any atom is -0.464 e. The molecule has 1 atom stereocenters. The lowest BCUT2D eigenvalue weighted by Gasteiger charge is -2.27. The summed E-state index contributed by atoms with van der Waals surface area (Å²) in [5, 5.41) is 0. The Morgan fingerprint density at radius 1 is 1.03 bits per heavy atom. The van der Waals surface area contributed by atoms with E-state index >= 15 is 0 Å². The molecule has 1 amide bonds. The van der Waals surface area contributed by atoms with Crippen LogP contribution in [0.4, 0.5) is 4.79 Å². The van der Waals surface area contributed by atoms with Gasteiger partial charge in [0.2, 0.25) is 0 Å². The van der Waals surface area contributed by atoms with Crippen LogP contribution >= 0.6 is 11.6 Å². The molecule has 0 N–H and O–H groups in total. The Kier molecular flexibility index (Phi) is 7.15. The van der Waals surface area contributed by atoms with Gasteiger partial charge in [-0.2, -0.15) is 0 Å². The van der Waals surface area contributed by atoms with Crippen LogP contribution in [-0.2, 0) is 14.3 Å². The van der Waals surface area contributed by atoms with E-state index in [2.05, 4.69) is 24.3 Å². The van der Waals surface area contributed by atoms with E-state index in [1.165, 1.54) is 16.0 Å². The summed E-state index contributed by atoms with van der Waals surface area (Å²) in [4.78, 5) is 26.4. The van der Waals surface area contributed by atoms with Gasteiger partial charge in [-0.05, 0) is 42.5 Å². The van der Waals surface area contributed by atoms with Crippen LogP contribution in [0.15, 0.2) is 48.5 Å². The highest BCUT2D eigenvalue weighted by Crippen LogP contribution is 2.44. The molecular formula is C23H26ClNO4. The number of carbonyl (C=O) groups excluding carboxylic acids is 2. The summed E-state index contributed by atoms with van der Waals surface area (Å²) in [7, 11) is 0. The quantitative estimate of drug-likeness (QED) is 0.458. The zero-order chi connectivity index (χ0) is 20.8. The van der Waals surface area contributed by atoms with Crippen molar-refractivity contribution in [3.05, 3.63) is 59.7 Å². The number of ether oxygens (including phenoxy) is 2. The van der Waals surface area contributed by atoms with E-state index in [1.807, 2.05) is 24.3 Å². The van der Waals surface area contributed by atoms with Crippen LogP contribution in [0.1, 0.15) is 37.3 Å². The van der Waals surface area contributed by atoms with Gasteiger partial charge in [-0.3, -0.25) is 4.90 Å². The maximum atomic E-state index is 12.8. The molecule has 0 saturated carbocycles. The molecule has 3 rings (SSSR count). The molecule has 0 bridgehead atoms. The average molecular weight is 416 g/mol. The number of fused-ring (bicyclic) bond motifs is 3. The number of hydrogen-bond acceptors (Lipinski definition) is 4. The predicted molar refractivity (Wildman–Crippen MR) is 113 cm³/mol. The molecule has 0 spiro atoms. The highest BCUT2D eigenvalue weighted by molar-refractivity contribution is 6.17. The highest BCUT2D eigenvalue weighted by atomic mass is 35.5. The summed E-state index contributed by atoms with van der Waals surface area (Å²) in [6, 6.07) is 15.6. The number of carbonyl (C=O) groups is 2. The molecule has 5 nitrogen and oxygen atoms in total. The fraction of sp³-hybridized carbons (Fsp3) is 0.391. The third-order valence-electron chi connectivity index (χ3n) is 5.20. The largest absolute Gasteiger partial charge is 0.464 e. The number of benzene rings is 2. The maximum absolute atomic E-state index is 12.8. The van der Waals surface area contributed by atoms with Crippen molar-refractivity contribution in [2.24, 2.45) is 0 Å². The van der Waals surface area contributed by atoms with Crippen molar-refractivity contribution in [1.82, 2.24) is 4.90 Å². The van der Waals surface area contributed by atoms with Crippen molar-refractivity contribution in [3.8, 4) is 11.1 Å². The van der Waals surface area contributed by atoms with Crippen molar-refractivity contribution in [1.29, 1.82) is 0 Å². The fourth-order valence-corrected chi connectivity index (χ4v) is 3.86. The zero-order valence-corrected chi connectivity index (χ0v) is 17.5. The Labute approximate surface area is 176 Å². The van der Waals surface area contributed by atoms with Crippen molar-refractivity contribution in [2.45, 2.75) is 32.2 Å². The molecule has 0 aromatic heterocycles. The Morgan fingerprint density at radius 2 is 1.62 bits per heavy atom. The molecule has 1 aliphatic rings. The first-order chi connectivity index (χ1) is 14.1. The maximum Gasteiger partial charge on any atom is 0.410 e. The number of halogens is 1. The molecule has 0 saturated heterocycles. The second-order valence-electron chi connectivity index (χ2n) is 6.97. The van der Waals surface area contributed by atoms with Gasteiger partial charge in [0.1, 0.15) is 12.6 Å². The third-order valence-corrected chi connectivity index (χ3v) is 5.47. The molecule has 154 valence electrons. The van der Waals surface area contributed by atoms with Gasteiger partial charge in [-0.1, -0.05) is 48.5 Å². The number of nitrogens with zero attached hydrogens (tertiary/aromatic N) is 1. The lowest BCUT2D eigenvalue weighted by molar-refractivity contribution is -0.148. The van der Waals surface area contributed by atoms with Gasteiger partial charge >= 0.3 is 12.1 Å². The zero-order valence-electron chi connectivity index (χ0n) is 16.8. The summed E-state index contributed by atoms with van der Waals surface area (Å²) in [6.07, 6.45) is 0.0349. The normalized spacial score (nSPS) is 13.3. The second-order valence-corrected chi connectivity index (χ2v) is 7.35. The average Bonchev–Trinajstić information content (AvgIpc) is 3.06. The number of amides is 1. The van der Waals surface area contributed by atoms with Crippen LogP contribution in [0.25, 0.3) is 11.1 Å². The first-order valence-electron chi connectivity index (χ1n) is 9.92. The monoisotopic (exact) mass is 415 g/mol. The molecule has 0 aliphatic heterocycles. The number of rotatable bonds is 8. The number of hydrogen-bond donors (Lipinski definition) is 0. The molecular weight excluding hydrogens is 390 g/mol. The first-order valence-corrected chi connectivity index (χ1v) is 10.5. The smallest absolute Gasteiger partial charge is 0.410 e. The summed E-state index contributed by atoms with van der Waals surface area (Å²) in [5.41, 5.74) is 4.63. The molecule has 1 aliphatic carbocycles. The van der Waals surface area contributed by atoms with Crippen molar-refractivity contribution >= 4 is 23.7 Å². The molecule has 2 aromatic carbocycles. The molecule has 2 aromatic rings. The van der Waals surface area contributed by atoms with Crippen molar-refractivity contribution in [2.75, 3.05) is 25.6 Å². The fourth-order valence-electron chi connectivity index (χ4n) is 3.74. The molecule has 1 unspecified atom stereocenters. The van der Waals surface area contributed by atoms with Gasteiger partial charge in [-0.25, -0.2) is 9.59 Å². The van der Waals surface area contributed by atoms with E-state index in [1.54, 1.807) is 13.8 Å². The van der Waals surface area contributed by atoms with Gasteiger partial charge < -0.3 is 9.47 Å². The summed E-state index contributed by atoms with van der Waals surface area (Å²) in [6.45, 7) is 4.19. The molecule has 29 heavy (non-hydrogen) atoms. The van der Waals surface area contributed by atoms with Gasteiger partial charge in [0.25, 0.3) is 0 Å². The van der Waals surface area contributed by atoms with E-state index in [9.17, 15) is 9.59 Å². The van der Waals surface area contributed by atoms with E-state index in [0.29, 0.717) is 18.8 Å². The van der Waals surface area contributed by atoms with E-state index in [4.69, 9.17) is 21.1 Å². The van der Waals surface area contributed by atoms with Crippen LogP contribution in [0.2, 0.25) is 0 Å². The van der Waals surface area contributed by atoms with Crippen LogP contribution in [0.5, 0.6) is 0 Å². The number of alkyl halides is 1. The number of esters is 1. The Morgan fingerprint density at radius 3 is 2.17 bits per heavy atom. The summed E-state index contributed by atoms with van der Waals surface area (Å²) >= 11 is 5.79. The lowest BCUT2D eigenvalue weighted by atomic mass is 9.98. The van der Waals surface area contributed by atoms with Gasteiger partial charge in [-0.15, -0.1) is 11.6 Å².